The molecule has 0 amide bonds. The Morgan fingerprint density at radius 2 is 1.96 bits per heavy atom. The highest BCUT2D eigenvalue weighted by Gasteiger charge is 2.17. The van der Waals surface area contributed by atoms with Gasteiger partial charge in [-0.3, -0.25) is 9.98 Å². The molecule has 0 aliphatic rings. The molecular weight excluding hydrogens is 619 g/mol. The lowest BCUT2D eigenvalue weighted by molar-refractivity contribution is 0.442. The van der Waals surface area contributed by atoms with Crippen molar-refractivity contribution < 1.29 is 4.39 Å². The predicted molar refractivity (Wildman–Crippen MR) is 187 cm³/mol. The molecule has 3 atom stereocenters. The maximum absolute atomic E-state index is 15.2. The summed E-state index contributed by atoms with van der Waals surface area (Å²) in [5, 5.41) is 18.4. The third-order valence-electron chi connectivity index (χ3n) is 8.07. The molecule has 3 aromatic heterocycles. The first-order valence-corrected chi connectivity index (χ1v) is 16.2. The van der Waals surface area contributed by atoms with Crippen molar-refractivity contribution in [3.05, 3.63) is 93.5 Å². The fourth-order valence-electron chi connectivity index (χ4n) is 5.57. The molecule has 0 saturated heterocycles. The van der Waals surface area contributed by atoms with Gasteiger partial charge in [0, 0.05) is 60.8 Å². The van der Waals surface area contributed by atoms with Crippen molar-refractivity contribution in [3.63, 3.8) is 0 Å². The van der Waals surface area contributed by atoms with Gasteiger partial charge in [0.05, 0.1) is 22.2 Å². The van der Waals surface area contributed by atoms with Crippen LogP contribution in [0.25, 0.3) is 28.0 Å². The second-order valence-corrected chi connectivity index (χ2v) is 12.4. The number of halogens is 2. The monoisotopic (exact) mass is 660 g/mol. The van der Waals surface area contributed by atoms with Crippen LogP contribution in [0.15, 0.2) is 65.8 Å². The van der Waals surface area contributed by atoms with Gasteiger partial charge < -0.3 is 31.7 Å². The lowest BCUT2D eigenvalue weighted by Gasteiger charge is -2.24. The van der Waals surface area contributed by atoms with Crippen LogP contribution < -0.4 is 27.4 Å². The second kappa shape index (κ2) is 15.4. The molecule has 5 rings (SSSR count). The molecule has 0 unspecified atom stereocenters. The van der Waals surface area contributed by atoms with E-state index in [1.54, 1.807) is 43.7 Å². The van der Waals surface area contributed by atoms with E-state index in [1.807, 2.05) is 31.2 Å². The SMILES string of the molecule is CC(=N)NCC[C@H](CNc1ncc[nH]1)N[C@@H](C)c1ccc(-n2cc3cc(-c4cc(CCC[C@H](C)N)cc(Cl)c4F)[nH]c3nc2=O)cc1. The number of imidazole rings is 1. The van der Waals surface area contributed by atoms with Crippen LogP contribution >= 0.6 is 11.6 Å². The number of hydrogen-bond donors (Lipinski definition) is 7. The fraction of sp³-hybridized carbons (Fsp3) is 0.353. The maximum Gasteiger partial charge on any atom is 0.354 e. The summed E-state index contributed by atoms with van der Waals surface area (Å²) in [5.74, 6) is 0.605. The maximum atomic E-state index is 15.2. The molecule has 0 bridgehead atoms. The normalized spacial score (nSPS) is 13.4. The van der Waals surface area contributed by atoms with Gasteiger partial charge in [-0.05, 0) is 87.9 Å². The van der Waals surface area contributed by atoms with E-state index in [9.17, 15) is 4.79 Å². The predicted octanol–water partition coefficient (Wildman–Crippen LogP) is 5.67. The van der Waals surface area contributed by atoms with Crippen LogP contribution in [0.4, 0.5) is 10.3 Å². The Bertz CT molecular complexity index is 1850. The average Bonchev–Trinajstić information content (AvgIpc) is 3.70. The second-order valence-electron chi connectivity index (χ2n) is 12.0. The Balaban J connectivity index is 1.32. The number of amidine groups is 1. The number of aromatic nitrogens is 5. The number of anilines is 1. The van der Waals surface area contributed by atoms with E-state index < -0.39 is 11.5 Å². The molecular formula is C34H42ClFN10O. The van der Waals surface area contributed by atoms with Crippen molar-refractivity contribution in [1.29, 1.82) is 5.41 Å². The Labute approximate surface area is 278 Å². The Hall–Kier alpha value is -4.52. The van der Waals surface area contributed by atoms with Gasteiger partial charge in [0.2, 0.25) is 0 Å². The van der Waals surface area contributed by atoms with Crippen LogP contribution in [0, 0.1) is 11.2 Å². The minimum absolute atomic E-state index is 0.00859. The van der Waals surface area contributed by atoms with Crippen molar-refractivity contribution in [1.82, 2.24) is 35.1 Å². The Kier molecular flexibility index (Phi) is 11.1. The summed E-state index contributed by atoms with van der Waals surface area (Å²) < 4.78 is 16.7. The standard InChI is InChI=1S/C34H42ClFN10O/c1-20(37)5-4-6-23-15-28(31(36)29(35)16-23)30-17-25-19-46(34(47)45-32(25)44-30)27-9-7-24(8-10-27)21(2)43-26(11-12-39-22(3)38)18-42-33-40-13-14-41-33/h7-10,13-17,19-21,26,43H,4-6,11-12,18,37H2,1-3H3,(H2,38,39)(H2,40,41,42)(H,44,45,47)/t20-,21-,26+/m0/s1. The first kappa shape index (κ1) is 33.8. The number of aromatic amines is 2. The van der Waals surface area contributed by atoms with Gasteiger partial charge in [-0.25, -0.2) is 14.2 Å². The van der Waals surface area contributed by atoms with Crippen LogP contribution in [0.2, 0.25) is 5.02 Å². The van der Waals surface area contributed by atoms with E-state index >= 15 is 4.39 Å². The van der Waals surface area contributed by atoms with Gasteiger partial charge in [-0.2, -0.15) is 4.98 Å². The number of rotatable bonds is 15. The summed E-state index contributed by atoms with van der Waals surface area (Å²) in [6.45, 7) is 7.08. The van der Waals surface area contributed by atoms with Crippen LogP contribution in [0.3, 0.4) is 0 Å². The zero-order valence-corrected chi connectivity index (χ0v) is 27.6. The molecule has 3 heterocycles. The largest absolute Gasteiger partial charge is 0.374 e. The lowest BCUT2D eigenvalue weighted by atomic mass is 10.0. The number of nitrogens with one attached hydrogen (secondary N) is 6. The van der Waals surface area contributed by atoms with Crippen LogP contribution in [0.1, 0.15) is 57.2 Å². The summed E-state index contributed by atoms with van der Waals surface area (Å²) in [7, 11) is 0. The van der Waals surface area contributed by atoms with E-state index in [0.29, 0.717) is 52.9 Å². The summed E-state index contributed by atoms with van der Waals surface area (Å²) >= 11 is 6.27. The molecule has 47 heavy (non-hydrogen) atoms. The smallest absolute Gasteiger partial charge is 0.354 e. The van der Waals surface area contributed by atoms with Crippen molar-refractivity contribution in [2.75, 3.05) is 18.4 Å². The highest BCUT2D eigenvalue weighted by Crippen LogP contribution is 2.31. The summed E-state index contributed by atoms with van der Waals surface area (Å²) in [6, 6.07) is 13.2. The van der Waals surface area contributed by atoms with E-state index in [2.05, 4.69) is 42.8 Å². The lowest BCUT2D eigenvalue weighted by Crippen LogP contribution is -2.40. The third-order valence-corrected chi connectivity index (χ3v) is 8.34. The number of H-pyrrole nitrogens is 2. The number of fused-ring (bicyclic) bond motifs is 1. The van der Waals surface area contributed by atoms with E-state index in [0.717, 1.165) is 36.8 Å². The molecule has 0 aliphatic carbocycles. The molecule has 2 aromatic carbocycles. The van der Waals surface area contributed by atoms with Crippen molar-refractivity contribution in [2.45, 2.75) is 64.6 Å². The average molecular weight is 661 g/mol. The van der Waals surface area contributed by atoms with E-state index in [4.69, 9.17) is 22.7 Å². The fourth-order valence-corrected chi connectivity index (χ4v) is 5.81. The first-order valence-electron chi connectivity index (χ1n) is 15.8. The molecule has 248 valence electrons. The zero-order valence-electron chi connectivity index (χ0n) is 26.8. The number of nitrogens with two attached hydrogens (primary N) is 1. The van der Waals surface area contributed by atoms with Crippen LogP contribution in [-0.4, -0.2) is 55.5 Å². The summed E-state index contributed by atoms with van der Waals surface area (Å²) in [4.78, 5) is 27.7. The molecule has 13 heteroatoms. The molecule has 5 aromatic rings. The molecule has 8 N–H and O–H groups in total. The Morgan fingerprint density at radius 3 is 2.66 bits per heavy atom. The first-order chi connectivity index (χ1) is 22.6. The summed E-state index contributed by atoms with van der Waals surface area (Å²) in [6.07, 6.45) is 8.42. The van der Waals surface area contributed by atoms with E-state index in [1.165, 1.54) is 4.57 Å². The van der Waals surface area contributed by atoms with E-state index in [-0.39, 0.29) is 23.1 Å². The van der Waals surface area contributed by atoms with Gasteiger partial charge >= 0.3 is 5.69 Å². The minimum atomic E-state index is -0.525. The Morgan fingerprint density at radius 1 is 1.17 bits per heavy atom. The van der Waals surface area contributed by atoms with Crippen molar-refractivity contribution in [3.8, 4) is 16.9 Å². The van der Waals surface area contributed by atoms with Gasteiger partial charge in [-0.15, -0.1) is 0 Å². The van der Waals surface area contributed by atoms with Crippen molar-refractivity contribution >= 4 is 34.4 Å². The summed E-state index contributed by atoms with van der Waals surface area (Å²) in [5.41, 5.74) is 9.26. The molecule has 0 spiro atoms. The van der Waals surface area contributed by atoms with Gasteiger partial charge in [0.25, 0.3) is 0 Å². The minimum Gasteiger partial charge on any atom is -0.374 e. The molecule has 11 nitrogen and oxygen atoms in total. The van der Waals surface area contributed by atoms with Crippen LogP contribution in [0.5, 0.6) is 0 Å². The number of nitrogens with zero attached hydrogens (tertiary/aromatic N) is 3. The zero-order chi connectivity index (χ0) is 33.5. The quantitative estimate of drug-likeness (QED) is 0.0561. The molecule has 0 aliphatic heterocycles. The van der Waals surface area contributed by atoms with Gasteiger partial charge in [0.15, 0.2) is 11.8 Å². The highest BCUT2D eigenvalue weighted by atomic mass is 35.5. The highest BCUT2D eigenvalue weighted by molar-refractivity contribution is 6.31. The van der Waals surface area contributed by atoms with Gasteiger partial charge in [-0.1, -0.05) is 23.7 Å². The van der Waals surface area contributed by atoms with Crippen LogP contribution in [-0.2, 0) is 6.42 Å². The number of benzene rings is 2. The molecule has 0 radical (unpaired) electrons. The van der Waals surface area contributed by atoms with Crippen molar-refractivity contribution in [2.24, 2.45) is 5.73 Å². The topological polar surface area (TPSA) is 165 Å². The van der Waals surface area contributed by atoms with Gasteiger partial charge in [0.1, 0.15) is 5.65 Å². The third kappa shape index (κ3) is 8.85. The number of aryl methyl sites for hydroxylation is 1. The number of hydrogen-bond acceptors (Lipinski definition) is 7. The molecule has 0 saturated carbocycles. The molecule has 0 fully saturated rings.